The first-order valence-corrected chi connectivity index (χ1v) is 3.91. The van der Waals surface area contributed by atoms with E-state index >= 15 is 0 Å². The second-order valence-corrected chi connectivity index (χ2v) is 3.69. The summed E-state index contributed by atoms with van der Waals surface area (Å²) in [6, 6.07) is 0. The van der Waals surface area contributed by atoms with Crippen LogP contribution >= 0.6 is 0 Å². The van der Waals surface area contributed by atoms with Gasteiger partial charge in [-0.05, 0) is 0 Å². The third-order valence-corrected chi connectivity index (χ3v) is 3.40. The molecule has 0 unspecified atom stereocenters. The van der Waals surface area contributed by atoms with E-state index in [0.717, 1.165) is 0 Å². The van der Waals surface area contributed by atoms with E-state index in [-0.39, 0.29) is 0 Å². The molecule has 0 bridgehead atoms. The third-order valence-electron chi connectivity index (χ3n) is 0.378. The van der Waals surface area contributed by atoms with E-state index < -0.39 is 24.4 Å². The molecule has 0 aromatic rings. The lowest BCUT2D eigenvalue weighted by molar-refractivity contribution is 0.198. The van der Waals surface area contributed by atoms with E-state index in [2.05, 4.69) is 6.96 Å². The van der Waals surface area contributed by atoms with Gasteiger partial charge in [0.15, 0.2) is 0 Å². The highest BCUT2D eigenvalue weighted by atomic mass is 28.3. The highest BCUT2D eigenvalue weighted by Crippen LogP contribution is 2.01. The van der Waals surface area contributed by atoms with Crippen LogP contribution in [0.5, 0.6) is 0 Å². The molecule has 1 fully saturated rings. The lowest BCUT2D eigenvalue weighted by Crippen LogP contribution is -2.39. The Morgan fingerprint density at radius 2 is 2.17 bits per heavy atom. The average molecular weight is 122 g/mol. The Morgan fingerprint density at radius 1 is 1.67 bits per heavy atom. The van der Waals surface area contributed by atoms with Crippen LogP contribution in [0.4, 0.5) is 3.52 Å². The molecule has 1 aliphatic heterocycles. The van der Waals surface area contributed by atoms with Crippen LogP contribution in [0.25, 0.3) is 0 Å². The molecule has 3 nitrogen and oxygen atoms in total. The fourth-order valence-electron chi connectivity index (χ4n) is 0.160. The van der Waals surface area contributed by atoms with Crippen molar-refractivity contribution >= 4 is 24.4 Å². The van der Waals surface area contributed by atoms with Crippen molar-refractivity contribution in [1.29, 1.82) is 0 Å². The molecular formula is AlFO3Si. The van der Waals surface area contributed by atoms with Gasteiger partial charge in [-0.15, -0.1) is 0 Å². The molecular weight excluding hydrogens is 122 g/mol. The maximum atomic E-state index is 11.3. The first-order chi connectivity index (χ1) is 2.79. The standard InChI is InChI=1S/Al.FH.O3Si/c;;1-4(2)3/h;1H;/q+3;;-2/p-1. The summed E-state index contributed by atoms with van der Waals surface area (Å²) < 4.78 is 28.8. The van der Waals surface area contributed by atoms with E-state index in [4.69, 9.17) is 0 Å². The van der Waals surface area contributed by atoms with Gasteiger partial charge in [-0.25, -0.2) is 0 Å². The molecule has 32 valence electrons. The first-order valence-electron chi connectivity index (χ1n) is 1.30. The smallest absolute Gasteiger partial charge is 0.597 e. The van der Waals surface area contributed by atoms with Gasteiger partial charge in [-0.2, -0.15) is 0 Å². The maximum Gasteiger partial charge on any atom is 1.12 e. The van der Waals surface area contributed by atoms with Crippen molar-refractivity contribution in [3.05, 3.63) is 0 Å². The van der Waals surface area contributed by atoms with Crippen LogP contribution in [-0.2, 0) is 11.4 Å². The fraction of sp³-hybridized carbons (Fsp3) is 0. The number of rotatable bonds is 0. The summed E-state index contributed by atoms with van der Waals surface area (Å²) in [5.74, 6) is 0. The van der Waals surface area contributed by atoms with Crippen molar-refractivity contribution in [3.8, 4) is 0 Å². The third kappa shape index (κ3) is 0.593. The summed E-state index contributed by atoms with van der Waals surface area (Å²) in [7, 11) is -2.31. The van der Waals surface area contributed by atoms with Crippen LogP contribution in [0.1, 0.15) is 0 Å². The van der Waals surface area contributed by atoms with E-state index in [1.807, 2.05) is 0 Å². The van der Waals surface area contributed by atoms with Gasteiger partial charge < -0.3 is 10.5 Å². The molecule has 6 heavy (non-hydrogen) atoms. The van der Waals surface area contributed by atoms with E-state index in [9.17, 15) is 7.99 Å². The lowest BCUT2D eigenvalue weighted by atomic mass is 15.6. The van der Waals surface area contributed by atoms with Gasteiger partial charge in [0, 0.05) is 0 Å². The van der Waals surface area contributed by atoms with Crippen molar-refractivity contribution in [2.45, 2.75) is 0 Å². The first kappa shape index (κ1) is 4.24. The second kappa shape index (κ2) is 1.29. The van der Waals surface area contributed by atoms with Gasteiger partial charge in [-0.1, -0.05) is 0 Å². The van der Waals surface area contributed by atoms with Gasteiger partial charge >= 0.3 is 24.4 Å². The molecule has 0 N–H and O–H groups in total. The summed E-state index contributed by atoms with van der Waals surface area (Å²) in [6.07, 6.45) is 0. The zero-order valence-corrected chi connectivity index (χ0v) is 4.83. The fourth-order valence-corrected chi connectivity index (χ4v) is 1.44. The van der Waals surface area contributed by atoms with Crippen LogP contribution in [-0.4, -0.2) is 24.4 Å². The van der Waals surface area contributed by atoms with Crippen LogP contribution in [0, 0.1) is 0 Å². The Morgan fingerprint density at radius 3 is 2.17 bits per heavy atom. The van der Waals surface area contributed by atoms with E-state index in [0.29, 0.717) is 0 Å². The predicted octanol–water partition coefficient (Wildman–Crippen LogP) is -0.597. The molecule has 1 heterocycles. The van der Waals surface area contributed by atoms with Gasteiger partial charge in [0.25, 0.3) is 0 Å². The summed E-state index contributed by atoms with van der Waals surface area (Å²) in [6.45, 7) is 0. The summed E-state index contributed by atoms with van der Waals surface area (Å²) in [5, 5.41) is 0. The van der Waals surface area contributed by atoms with Gasteiger partial charge in [-0.3, -0.25) is 4.46 Å². The minimum atomic E-state index is -2.79. The molecule has 0 spiro atoms. The number of hydrogen-bond donors (Lipinski definition) is 0. The Hall–Kier alpha value is 0.0794. The molecule has 1 saturated heterocycles. The molecule has 0 atom stereocenters. The largest absolute Gasteiger partial charge is 1.12 e. The topological polar surface area (TPSA) is 35.5 Å². The molecule has 0 aliphatic carbocycles. The quantitative estimate of drug-likeness (QED) is 0.402. The van der Waals surface area contributed by atoms with Crippen molar-refractivity contribution < 1.29 is 14.9 Å². The van der Waals surface area contributed by atoms with Crippen LogP contribution in [0.3, 0.4) is 0 Å². The highest BCUT2D eigenvalue weighted by molar-refractivity contribution is 6.62. The van der Waals surface area contributed by atoms with Crippen molar-refractivity contribution in [3.63, 3.8) is 0 Å². The Balaban J connectivity index is 2.28. The normalized spacial score (nSPS) is 18.2. The summed E-state index contributed by atoms with van der Waals surface area (Å²) in [4.78, 5) is 0. The Labute approximate surface area is 40.1 Å². The van der Waals surface area contributed by atoms with Crippen LogP contribution in [0.15, 0.2) is 0 Å². The highest BCUT2D eigenvalue weighted by Gasteiger charge is 2.52. The van der Waals surface area contributed by atoms with Gasteiger partial charge in [0.05, 0.1) is 0 Å². The average Bonchev–Trinajstić information content (AvgIpc) is 1.33. The van der Waals surface area contributed by atoms with Crippen molar-refractivity contribution in [1.82, 2.24) is 0 Å². The monoisotopic (exact) mass is 122 g/mol. The maximum absolute atomic E-state index is 11.3. The SMILES string of the molecule is O=[Si]1[O][Al]([F])[O]1. The minimum Gasteiger partial charge on any atom is -0.597 e. The number of hydrogen-bond acceptors (Lipinski definition) is 3. The zero-order valence-electron chi connectivity index (χ0n) is 2.68. The molecule has 1 aliphatic rings. The molecule has 1 rings (SSSR count). The Bertz CT molecular complexity index is 74.9. The van der Waals surface area contributed by atoms with Crippen LogP contribution < -0.4 is 0 Å². The molecule has 0 saturated carbocycles. The molecule has 0 radical (unpaired) electrons. The van der Waals surface area contributed by atoms with E-state index in [1.165, 1.54) is 0 Å². The van der Waals surface area contributed by atoms with Crippen molar-refractivity contribution in [2.24, 2.45) is 0 Å². The second-order valence-electron chi connectivity index (χ2n) is 0.760. The molecule has 0 aromatic carbocycles. The van der Waals surface area contributed by atoms with E-state index in [1.54, 1.807) is 0 Å². The number of halogens is 1. The van der Waals surface area contributed by atoms with Crippen LogP contribution in [0.2, 0.25) is 0 Å². The van der Waals surface area contributed by atoms with Gasteiger partial charge in [0.2, 0.25) is 0 Å². The Kier molecular flexibility index (Phi) is 0.916. The summed E-state index contributed by atoms with van der Waals surface area (Å²) in [5.41, 5.74) is 0. The summed E-state index contributed by atoms with van der Waals surface area (Å²) >= 11 is -2.79. The lowest BCUT2D eigenvalue weighted by Gasteiger charge is -2.12. The molecule has 0 aromatic heterocycles. The molecule has 0 amide bonds. The molecule has 6 heteroatoms. The van der Waals surface area contributed by atoms with Gasteiger partial charge in [0.1, 0.15) is 0 Å². The van der Waals surface area contributed by atoms with Crippen molar-refractivity contribution in [2.75, 3.05) is 0 Å². The minimum absolute atomic E-state index is 2.31. The predicted molar refractivity (Wildman–Crippen MR) is 15.5 cm³/mol. The zero-order chi connectivity index (χ0) is 4.57.